The third-order valence-electron chi connectivity index (χ3n) is 4.83. The van der Waals surface area contributed by atoms with Crippen LogP contribution in [0.25, 0.3) is 0 Å². The lowest BCUT2D eigenvalue weighted by Crippen LogP contribution is -2.43. The SMILES string of the molecule is COc1cccc(NC(=O)[C@H]2[C@@H]3CC[C@@H](C3)[C@@H]2C(=O)[O-])c1. The minimum Gasteiger partial charge on any atom is -0.550 e. The highest BCUT2D eigenvalue weighted by Gasteiger charge is 2.51. The molecule has 2 aliphatic rings. The van der Waals surface area contributed by atoms with E-state index >= 15 is 0 Å². The van der Waals surface area contributed by atoms with Crippen LogP contribution in [0.1, 0.15) is 19.3 Å². The van der Waals surface area contributed by atoms with E-state index in [-0.39, 0.29) is 17.7 Å². The number of rotatable bonds is 4. The van der Waals surface area contributed by atoms with Crippen molar-refractivity contribution in [3.05, 3.63) is 24.3 Å². The number of amides is 1. The van der Waals surface area contributed by atoms with E-state index in [1.165, 1.54) is 0 Å². The van der Waals surface area contributed by atoms with Gasteiger partial charge in [0, 0.05) is 29.6 Å². The van der Waals surface area contributed by atoms with Gasteiger partial charge in [0.1, 0.15) is 5.75 Å². The van der Waals surface area contributed by atoms with E-state index in [0.29, 0.717) is 11.4 Å². The van der Waals surface area contributed by atoms with Gasteiger partial charge in [-0.25, -0.2) is 0 Å². The average molecular weight is 288 g/mol. The summed E-state index contributed by atoms with van der Waals surface area (Å²) >= 11 is 0. The number of ether oxygens (including phenoxy) is 1. The number of anilines is 1. The molecular weight excluding hydrogens is 270 g/mol. The Balaban J connectivity index is 1.76. The molecule has 21 heavy (non-hydrogen) atoms. The lowest BCUT2D eigenvalue weighted by atomic mass is 9.78. The quantitative estimate of drug-likeness (QED) is 0.898. The van der Waals surface area contributed by atoms with Crippen molar-refractivity contribution in [2.24, 2.45) is 23.7 Å². The topological polar surface area (TPSA) is 78.5 Å². The maximum atomic E-state index is 12.5. The summed E-state index contributed by atoms with van der Waals surface area (Å²) in [7, 11) is 1.56. The molecule has 1 N–H and O–H groups in total. The Hall–Kier alpha value is -2.04. The monoisotopic (exact) mass is 288 g/mol. The summed E-state index contributed by atoms with van der Waals surface area (Å²) in [5, 5.41) is 14.2. The molecule has 112 valence electrons. The van der Waals surface area contributed by atoms with Crippen molar-refractivity contribution < 1.29 is 19.4 Å². The first-order valence-electron chi connectivity index (χ1n) is 7.26. The Morgan fingerprint density at radius 1 is 1.24 bits per heavy atom. The molecule has 0 unspecified atom stereocenters. The van der Waals surface area contributed by atoms with Gasteiger partial charge in [-0.3, -0.25) is 4.79 Å². The number of carbonyl (C=O) groups is 2. The average Bonchev–Trinajstić information content (AvgIpc) is 3.07. The lowest BCUT2D eigenvalue weighted by molar-refractivity contribution is -0.314. The van der Waals surface area contributed by atoms with Crippen LogP contribution in [0.15, 0.2) is 24.3 Å². The first kappa shape index (κ1) is 13.9. The zero-order valence-corrected chi connectivity index (χ0v) is 11.9. The van der Waals surface area contributed by atoms with Gasteiger partial charge in [-0.1, -0.05) is 6.07 Å². The maximum absolute atomic E-state index is 12.5. The Kier molecular flexibility index (Phi) is 3.57. The van der Waals surface area contributed by atoms with Crippen LogP contribution in [-0.4, -0.2) is 19.0 Å². The van der Waals surface area contributed by atoms with Crippen molar-refractivity contribution in [2.75, 3.05) is 12.4 Å². The molecule has 3 rings (SSSR count). The van der Waals surface area contributed by atoms with Crippen molar-refractivity contribution in [1.29, 1.82) is 0 Å². The molecule has 2 bridgehead atoms. The fraction of sp³-hybridized carbons (Fsp3) is 0.500. The first-order valence-corrected chi connectivity index (χ1v) is 7.26. The predicted octanol–water partition coefficient (Wildman–Crippen LogP) is 1.05. The van der Waals surface area contributed by atoms with Crippen LogP contribution in [0.3, 0.4) is 0 Å². The largest absolute Gasteiger partial charge is 0.550 e. The van der Waals surface area contributed by atoms with Crippen LogP contribution < -0.4 is 15.2 Å². The maximum Gasteiger partial charge on any atom is 0.228 e. The number of hydrogen-bond donors (Lipinski definition) is 1. The number of hydrogen-bond acceptors (Lipinski definition) is 4. The number of benzene rings is 1. The molecule has 1 amide bonds. The molecule has 0 saturated heterocycles. The molecule has 2 fully saturated rings. The summed E-state index contributed by atoms with van der Waals surface area (Å²) in [6.07, 6.45) is 2.66. The van der Waals surface area contributed by atoms with E-state index in [4.69, 9.17) is 4.74 Å². The third kappa shape index (κ3) is 2.48. The van der Waals surface area contributed by atoms with Gasteiger partial charge in [0.05, 0.1) is 7.11 Å². The fourth-order valence-corrected chi connectivity index (χ4v) is 3.93. The number of methoxy groups -OCH3 is 1. The molecule has 0 aromatic heterocycles. The number of carboxylic acid groups (broad SMARTS) is 1. The second-order valence-corrected chi connectivity index (χ2v) is 5.93. The van der Waals surface area contributed by atoms with Crippen LogP contribution in [0.5, 0.6) is 5.75 Å². The molecule has 0 heterocycles. The van der Waals surface area contributed by atoms with E-state index in [1.807, 2.05) is 0 Å². The smallest absolute Gasteiger partial charge is 0.228 e. The number of carboxylic acids is 1. The van der Waals surface area contributed by atoms with Gasteiger partial charge in [-0.2, -0.15) is 0 Å². The second-order valence-electron chi connectivity index (χ2n) is 5.93. The van der Waals surface area contributed by atoms with Gasteiger partial charge in [0.2, 0.25) is 5.91 Å². The summed E-state index contributed by atoms with van der Waals surface area (Å²) in [5.41, 5.74) is 0.624. The normalized spacial score (nSPS) is 30.1. The first-order chi connectivity index (χ1) is 10.1. The van der Waals surface area contributed by atoms with Crippen LogP contribution in [0.4, 0.5) is 5.69 Å². The minimum absolute atomic E-state index is 0.0982. The summed E-state index contributed by atoms with van der Waals surface area (Å²) in [6, 6.07) is 7.06. The van der Waals surface area contributed by atoms with Gasteiger partial charge in [-0.15, -0.1) is 0 Å². The van der Waals surface area contributed by atoms with Crippen molar-refractivity contribution >= 4 is 17.6 Å². The Bertz CT molecular complexity index is 571. The molecule has 5 heteroatoms. The Morgan fingerprint density at radius 2 is 1.95 bits per heavy atom. The van der Waals surface area contributed by atoms with Crippen LogP contribution in [0, 0.1) is 23.7 Å². The van der Waals surface area contributed by atoms with Gasteiger partial charge in [-0.05, 0) is 43.2 Å². The van der Waals surface area contributed by atoms with Gasteiger partial charge in [0.25, 0.3) is 0 Å². The lowest BCUT2D eigenvalue weighted by Gasteiger charge is -2.30. The van der Waals surface area contributed by atoms with Crippen molar-refractivity contribution in [1.82, 2.24) is 0 Å². The molecule has 1 aromatic carbocycles. The summed E-state index contributed by atoms with van der Waals surface area (Å²) in [5.74, 6) is -1.51. The summed E-state index contributed by atoms with van der Waals surface area (Å²) in [4.78, 5) is 23.8. The third-order valence-corrected chi connectivity index (χ3v) is 4.83. The highest BCUT2D eigenvalue weighted by molar-refractivity contribution is 5.95. The summed E-state index contributed by atoms with van der Waals surface area (Å²) < 4.78 is 5.12. The van der Waals surface area contributed by atoms with E-state index < -0.39 is 17.8 Å². The van der Waals surface area contributed by atoms with Gasteiger partial charge in [0.15, 0.2) is 0 Å². The number of fused-ring (bicyclic) bond motifs is 2. The molecule has 1 aromatic rings. The van der Waals surface area contributed by atoms with Crippen molar-refractivity contribution in [3.63, 3.8) is 0 Å². The molecule has 2 saturated carbocycles. The Morgan fingerprint density at radius 3 is 2.62 bits per heavy atom. The van der Waals surface area contributed by atoms with Gasteiger partial charge < -0.3 is 20.0 Å². The highest BCUT2D eigenvalue weighted by atomic mass is 16.5. The molecular formula is C16H18NO4-. The molecule has 0 radical (unpaired) electrons. The van der Waals surface area contributed by atoms with Crippen molar-refractivity contribution in [2.45, 2.75) is 19.3 Å². The zero-order chi connectivity index (χ0) is 15.0. The van der Waals surface area contributed by atoms with Gasteiger partial charge >= 0.3 is 0 Å². The van der Waals surface area contributed by atoms with E-state index in [2.05, 4.69) is 5.32 Å². The molecule has 0 spiro atoms. The molecule has 5 nitrogen and oxygen atoms in total. The number of nitrogens with one attached hydrogen (secondary N) is 1. The fourth-order valence-electron chi connectivity index (χ4n) is 3.93. The summed E-state index contributed by atoms with van der Waals surface area (Å²) in [6.45, 7) is 0. The number of aliphatic carboxylic acids is 1. The molecule has 2 aliphatic carbocycles. The van der Waals surface area contributed by atoms with E-state index in [9.17, 15) is 14.7 Å². The standard InChI is InChI=1S/C16H19NO4/c1-21-12-4-2-3-11(8-12)17-15(18)13-9-5-6-10(7-9)14(13)16(19)20/h2-4,8-10,13-14H,5-7H2,1H3,(H,17,18)(H,19,20)/p-1/t9-,10+,13+,14+/m1/s1. The van der Waals surface area contributed by atoms with E-state index in [1.54, 1.807) is 31.4 Å². The van der Waals surface area contributed by atoms with Crippen LogP contribution in [0.2, 0.25) is 0 Å². The van der Waals surface area contributed by atoms with Crippen LogP contribution in [-0.2, 0) is 9.59 Å². The predicted molar refractivity (Wildman–Crippen MR) is 74.4 cm³/mol. The zero-order valence-electron chi connectivity index (χ0n) is 11.9. The molecule has 4 atom stereocenters. The highest BCUT2D eigenvalue weighted by Crippen LogP contribution is 2.52. The van der Waals surface area contributed by atoms with Crippen LogP contribution >= 0.6 is 0 Å². The Labute approximate surface area is 123 Å². The molecule has 0 aliphatic heterocycles. The number of carbonyl (C=O) groups excluding carboxylic acids is 2. The van der Waals surface area contributed by atoms with Crippen molar-refractivity contribution in [3.8, 4) is 5.75 Å². The second kappa shape index (κ2) is 5.39. The minimum atomic E-state index is -1.09. The van der Waals surface area contributed by atoms with E-state index in [0.717, 1.165) is 19.3 Å².